The molecule has 0 bridgehead atoms. The lowest BCUT2D eigenvalue weighted by molar-refractivity contribution is -0.468. The van der Waals surface area contributed by atoms with Crippen LogP contribution in [-0.2, 0) is 0 Å². The predicted octanol–water partition coefficient (Wildman–Crippen LogP) is 8.32. The molecule has 0 saturated carbocycles. The smallest absolute Gasteiger partial charge is 0.229 e. The van der Waals surface area contributed by atoms with Crippen LogP contribution in [0.25, 0.3) is 0 Å². The van der Waals surface area contributed by atoms with Gasteiger partial charge in [0.1, 0.15) is 24.0 Å². The summed E-state index contributed by atoms with van der Waals surface area (Å²) in [5.74, 6) is 1.92. The summed E-state index contributed by atoms with van der Waals surface area (Å²) in [7, 11) is 0. The fourth-order valence-corrected chi connectivity index (χ4v) is 5.03. The van der Waals surface area contributed by atoms with Gasteiger partial charge in [-0.1, -0.05) is 97.9 Å². The van der Waals surface area contributed by atoms with E-state index in [0.29, 0.717) is 29.7 Å². The lowest BCUT2D eigenvalue weighted by Crippen LogP contribution is -2.27. The van der Waals surface area contributed by atoms with E-state index >= 15 is 0 Å². The van der Waals surface area contributed by atoms with Gasteiger partial charge in [0.15, 0.2) is 0 Å². The lowest BCUT2D eigenvalue weighted by Gasteiger charge is -2.21. The maximum atomic E-state index is 4.10. The molecule has 2 aromatic carbocycles. The molecule has 172 valence electrons. The Kier molecular flexibility index (Phi) is 7.64. The Morgan fingerprint density at radius 3 is 1.66 bits per heavy atom. The van der Waals surface area contributed by atoms with Gasteiger partial charge < -0.3 is 0 Å². The average molecular weight is 432 g/mol. The topological polar surface area (TPSA) is 6.25 Å². The Morgan fingerprint density at radius 2 is 1.25 bits per heavy atom. The highest BCUT2D eigenvalue weighted by Crippen LogP contribution is 2.40. The number of para-hydroxylation sites is 2. The summed E-state index contributed by atoms with van der Waals surface area (Å²) in [4.78, 5) is 2.53. The van der Waals surface area contributed by atoms with Crippen LogP contribution in [0.4, 0.5) is 11.4 Å². The molecule has 0 radical (unpaired) electrons. The van der Waals surface area contributed by atoms with Crippen LogP contribution in [0, 0.1) is 0 Å². The van der Waals surface area contributed by atoms with Crippen molar-refractivity contribution in [2.24, 2.45) is 0 Å². The second kappa shape index (κ2) is 10.1. The molecule has 0 spiro atoms. The van der Waals surface area contributed by atoms with Crippen molar-refractivity contribution in [3.8, 4) is 0 Å². The van der Waals surface area contributed by atoms with Crippen LogP contribution < -0.4 is 4.90 Å². The molecule has 1 aliphatic rings. The monoisotopic (exact) mass is 431 g/mol. The molecule has 0 fully saturated rings. The standard InChI is InChI=1S/C30H43N2/c1-10-13-24-18-31(29-25(20(2)3)14-11-15-26(29)21(4)5)19-32(24)30-27(22(6)7)16-12-17-28(30)23(8)9/h10-12,14-17,19-24H,1,13,18H2,2-9H3/q+1. The second-order valence-corrected chi connectivity index (χ2v) is 10.5. The molecule has 0 saturated heterocycles. The third-order valence-corrected chi connectivity index (χ3v) is 6.73. The van der Waals surface area contributed by atoms with E-state index in [9.17, 15) is 0 Å². The Hall–Kier alpha value is -2.35. The van der Waals surface area contributed by atoms with Gasteiger partial charge in [-0.2, -0.15) is 0 Å². The normalized spacial score (nSPS) is 16.6. The molecule has 32 heavy (non-hydrogen) atoms. The number of benzene rings is 2. The van der Waals surface area contributed by atoms with E-state index < -0.39 is 0 Å². The fraction of sp³-hybridized carbons (Fsp3) is 0.500. The molecule has 3 rings (SSSR count). The fourth-order valence-electron chi connectivity index (χ4n) is 5.03. The summed E-state index contributed by atoms with van der Waals surface area (Å²) in [6, 6.07) is 14.1. The van der Waals surface area contributed by atoms with Gasteiger partial charge in [0.05, 0.1) is 0 Å². The van der Waals surface area contributed by atoms with Crippen molar-refractivity contribution in [2.45, 2.75) is 91.5 Å². The van der Waals surface area contributed by atoms with Crippen LogP contribution in [0.1, 0.15) is 108 Å². The average Bonchev–Trinajstić information content (AvgIpc) is 3.15. The van der Waals surface area contributed by atoms with Crippen LogP contribution in [0.3, 0.4) is 0 Å². The zero-order valence-corrected chi connectivity index (χ0v) is 21.5. The Balaban J connectivity index is 2.25. The van der Waals surface area contributed by atoms with E-state index in [1.165, 1.54) is 33.6 Å². The first-order valence-electron chi connectivity index (χ1n) is 12.4. The van der Waals surface area contributed by atoms with Crippen molar-refractivity contribution >= 4 is 17.7 Å². The van der Waals surface area contributed by atoms with Crippen LogP contribution in [0.5, 0.6) is 0 Å². The zero-order valence-electron chi connectivity index (χ0n) is 21.5. The predicted molar refractivity (Wildman–Crippen MR) is 141 cm³/mol. The highest BCUT2D eigenvalue weighted by atomic mass is 15.3. The van der Waals surface area contributed by atoms with Crippen LogP contribution in [0.2, 0.25) is 0 Å². The van der Waals surface area contributed by atoms with E-state index in [0.717, 1.165) is 13.0 Å². The number of hydrogen-bond donors (Lipinski definition) is 0. The maximum Gasteiger partial charge on any atom is 0.245 e. The molecular weight excluding hydrogens is 388 g/mol. The molecule has 0 aliphatic carbocycles. The molecule has 2 heteroatoms. The minimum Gasteiger partial charge on any atom is -0.229 e. The van der Waals surface area contributed by atoms with Gasteiger partial charge in [-0.3, -0.25) is 0 Å². The van der Waals surface area contributed by atoms with E-state index in [1.807, 2.05) is 0 Å². The first kappa shape index (κ1) is 24.3. The molecule has 0 aromatic heterocycles. The third-order valence-electron chi connectivity index (χ3n) is 6.73. The highest BCUT2D eigenvalue weighted by molar-refractivity contribution is 5.83. The minimum absolute atomic E-state index is 0.380. The van der Waals surface area contributed by atoms with Crippen LogP contribution in [0.15, 0.2) is 49.1 Å². The number of rotatable bonds is 8. The van der Waals surface area contributed by atoms with Crippen LogP contribution in [-0.4, -0.2) is 23.5 Å². The number of nitrogens with zero attached hydrogens (tertiary/aromatic N) is 2. The molecule has 1 atom stereocenters. The van der Waals surface area contributed by atoms with Gasteiger partial charge in [0.2, 0.25) is 6.34 Å². The van der Waals surface area contributed by atoms with Crippen molar-refractivity contribution in [1.82, 2.24) is 0 Å². The first-order chi connectivity index (χ1) is 15.2. The quantitative estimate of drug-likeness (QED) is 0.301. The van der Waals surface area contributed by atoms with Gasteiger partial charge in [0.25, 0.3) is 0 Å². The minimum atomic E-state index is 0.380. The Morgan fingerprint density at radius 1 is 0.812 bits per heavy atom. The molecule has 2 aromatic rings. The molecule has 1 heterocycles. The lowest BCUT2D eigenvalue weighted by atomic mass is 9.91. The van der Waals surface area contributed by atoms with Crippen molar-refractivity contribution < 1.29 is 4.58 Å². The van der Waals surface area contributed by atoms with Crippen molar-refractivity contribution in [3.63, 3.8) is 0 Å². The summed E-state index contributed by atoms with van der Waals surface area (Å²) < 4.78 is 2.56. The van der Waals surface area contributed by atoms with Gasteiger partial charge >= 0.3 is 0 Å². The summed E-state index contributed by atoms with van der Waals surface area (Å²) >= 11 is 0. The van der Waals surface area contributed by atoms with E-state index in [1.54, 1.807) is 0 Å². The second-order valence-electron chi connectivity index (χ2n) is 10.5. The van der Waals surface area contributed by atoms with Gasteiger partial charge in [-0.05, 0) is 23.7 Å². The summed E-state index contributed by atoms with van der Waals surface area (Å²) in [6.45, 7) is 23.6. The van der Waals surface area contributed by atoms with Crippen LogP contribution >= 0.6 is 0 Å². The van der Waals surface area contributed by atoms with E-state index in [2.05, 4.69) is 120 Å². The summed E-state index contributed by atoms with van der Waals surface area (Å²) in [5.41, 5.74) is 8.55. The number of anilines is 1. The van der Waals surface area contributed by atoms with E-state index in [-0.39, 0.29) is 0 Å². The Bertz CT molecular complexity index is 926. The first-order valence-corrected chi connectivity index (χ1v) is 12.4. The zero-order chi connectivity index (χ0) is 23.6. The molecular formula is C30H43N2+. The maximum absolute atomic E-state index is 4.10. The van der Waals surface area contributed by atoms with Crippen molar-refractivity contribution in [1.29, 1.82) is 0 Å². The van der Waals surface area contributed by atoms with Gasteiger partial charge in [-0.25, -0.2) is 9.48 Å². The van der Waals surface area contributed by atoms with Gasteiger partial charge in [-0.15, -0.1) is 6.58 Å². The summed E-state index contributed by atoms with van der Waals surface area (Å²) in [5, 5.41) is 0. The molecule has 0 amide bonds. The van der Waals surface area contributed by atoms with Crippen molar-refractivity contribution in [2.75, 3.05) is 11.4 Å². The van der Waals surface area contributed by atoms with Gasteiger partial charge in [0, 0.05) is 28.7 Å². The number of hydrogen-bond acceptors (Lipinski definition) is 1. The van der Waals surface area contributed by atoms with Crippen molar-refractivity contribution in [3.05, 3.63) is 71.3 Å². The molecule has 1 unspecified atom stereocenters. The highest BCUT2D eigenvalue weighted by Gasteiger charge is 2.37. The Labute approximate surface area is 196 Å². The molecule has 1 aliphatic heterocycles. The third kappa shape index (κ3) is 4.70. The van der Waals surface area contributed by atoms with E-state index in [4.69, 9.17) is 0 Å². The molecule has 0 N–H and O–H groups in total. The summed E-state index contributed by atoms with van der Waals surface area (Å²) in [6.07, 6.45) is 5.45. The molecule has 2 nitrogen and oxygen atoms in total. The largest absolute Gasteiger partial charge is 0.245 e. The SMILES string of the molecule is C=CCC1CN(c2c(C(C)C)cccc2C(C)C)C=[N+]1c1c(C(C)C)cccc1C(C)C.